The molecule has 0 spiro atoms. The fraction of sp³-hybridized carbons (Fsp3) is 0.308. The molecule has 1 unspecified atom stereocenters. The highest BCUT2D eigenvalue weighted by molar-refractivity contribution is 8.14. The summed E-state index contributed by atoms with van der Waals surface area (Å²) in [6.07, 6.45) is 0. The first kappa shape index (κ1) is 13.4. The molecule has 1 aliphatic rings. The van der Waals surface area contributed by atoms with Gasteiger partial charge in [-0.25, -0.2) is 4.98 Å². The van der Waals surface area contributed by atoms with Crippen LogP contribution in [0.5, 0.6) is 0 Å². The molecule has 1 aromatic carbocycles. The van der Waals surface area contributed by atoms with E-state index >= 15 is 0 Å². The first-order chi connectivity index (χ1) is 9.48. The topological polar surface area (TPSA) is 88.6 Å². The minimum Gasteiger partial charge on any atom is -0.481 e. The lowest BCUT2D eigenvalue weighted by molar-refractivity contribution is -0.145. The summed E-state index contributed by atoms with van der Waals surface area (Å²) in [5.74, 6) is -0.288. The van der Waals surface area contributed by atoms with Crippen LogP contribution in [0.4, 0.5) is 5.69 Å². The lowest BCUT2D eigenvalue weighted by atomic mass is 9.94. The highest BCUT2D eigenvalue weighted by Gasteiger charge is 2.36. The number of carbonyl (C=O) groups is 1. The standard InChI is InChI=1S/C13H13N3O2S2/c1-13(12(17)18)5-15-10(19-6-13)11-16-8-3-2-7(14)4-9(8)20-11/h2-4H,5-6,14H2,1H3,(H,17,18). The molecule has 0 radical (unpaired) electrons. The smallest absolute Gasteiger partial charge is 0.312 e. The molecule has 0 saturated carbocycles. The molecule has 3 rings (SSSR count). The molecule has 0 fully saturated rings. The zero-order valence-corrected chi connectivity index (χ0v) is 12.4. The van der Waals surface area contributed by atoms with Crippen molar-refractivity contribution in [2.24, 2.45) is 10.4 Å². The number of hydrogen-bond acceptors (Lipinski definition) is 6. The van der Waals surface area contributed by atoms with E-state index in [1.165, 1.54) is 23.1 Å². The number of carboxylic acid groups (broad SMARTS) is 1. The van der Waals surface area contributed by atoms with E-state index in [1.54, 1.807) is 6.92 Å². The molecule has 1 atom stereocenters. The lowest BCUT2D eigenvalue weighted by Crippen LogP contribution is -2.36. The number of nitrogen functional groups attached to an aromatic ring is 1. The van der Waals surface area contributed by atoms with Gasteiger partial charge in [0.25, 0.3) is 0 Å². The van der Waals surface area contributed by atoms with Crippen LogP contribution in [0, 0.1) is 5.41 Å². The SMILES string of the molecule is CC1(C(=O)O)CN=C(c2nc3ccc(N)cc3s2)SC1. The lowest BCUT2D eigenvalue weighted by Gasteiger charge is -2.26. The Morgan fingerprint density at radius 2 is 2.30 bits per heavy atom. The molecular formula is C13H13N3O2S2. The molecule has 0 aliphatic carbocycles. The Morgan fingerprint density at radius 1 is 1.50 bits per heavy atom. The zero-order chi connectivity index (χ0) is 14.3. The second kappa shape index (κ2) is 4.75. The van der Waals surface area contributed by atoms with Crippen LogP contribution < -0.4 is 5.73 Å². The molecule has 104 valence electrons. The molecule has 1 aromatic heterocycles. The maximum Gasteiger partial charge on any atom is 0.312 e. The summed E-state index contributed by atoms with van der Waals surface area (Å²) in [6.45, 7) is 2.02. The summed E-state index contributed by atoms with van der Waals surface area (Å²) in [6, 6.07) is 5.61. The van der Waals surface area contributed by atoms with Crippen molar-refractivity contribution in [1.29, 1.82) is 0 Å². The summed E-state index contributed by atoms with van der Waals surface area (Å²) in [5, 5.41) is 10.8. The number of nitrogens with two attached hydrogens (primary N) is 1. The molecule has 0 bridgehead atoms. The van der Waals surface area contributed by atoms with Crippen LogP contribution in [0.2, 0.25) is 0 Å². The maximum absolute atomic E-state index is 11.2. The average molecular weight is 307 g/mol. The molecule has 3 N–H and O–H groups in total. The van der Waals surface area contributed by atoms with Crippen molar-refractivity contribution in [3.05, 3.63) is 23.2 Å². The van der Waals surface area contributed by atoms with Crippen LogP contribution in [-0.2, 0) is 4.79 Å². The molecule has 2 heterocycles. The van der Waals surface area contributed by atoms with E-state index in [2.05, 4.69) is 9.98 Å². The monoisotopic (exact) mass is 307 g/mol. The van der Waals surface area contributed by atoms with E-state index in [-0.39, 0.29) is 0 Å². The van der Waals surface area contributed by atoms with Gasteiger partial charge in [0.15, 0.2) is 0 Å². The number of anilines is 1. The number of hydrogen-bond donors (Lipinski definition) is 2. The molecule has 20 heavy (non-hydrogen) atoms. The van der Waals surface area contributed by atoms with E-state index in [1.807, 2.05) is 18.2 Å². The molecule has 2 aromatic rings. The minimum atomic E-state index is -0.801. The van der Waals surface area contributed by atoms with Crippen molar-refractivity contribution in [3.8, 4) is 0 Å². The van der Waals surface area contributed by atoms with Gasteiger partial charge in [0.2, 0.25) is 0 Å². The predicted octanol–water partition coefficient (Wildman–Crippen LogP) is 2.46. The van der Waals surface area contributed by atoms with Crippen LogP contribution in [0.15, 0.2) is 23.2 Å². The summed E-state index contributed by atoms with van der Waals surface area (Å²) in [7, 11) is 0. The quantitative estimate of drug-likeness (QED) is 0.832. The molecule has 7 heteroatoms. The zero-order valence-electron chi connectivity index (χ0n) is 10.8. The molecule has 1 aliphatic heterocycles. The number of aliphatic imine (C=N–C) groups is 1. The van der Waals surface area contributed by atoms with E-state index in [0.29, 0.717) is 18.0 Å². The second-order valence-corrected chi connectivity index (χ2v) is 7.02. The van der Waals surface area contributed by atoms with Crippen LogP contribution in [0.3, 0.4) is 0 Å². The molecular weight excluding hydrogens is 294 g/mol. The summed E-state index contributed by atoms with van der Waals surface area (Å²) >= 11 is 2.99. The third-order valence-electron chi connectivity index (χ3n) is 3.21. The number of aliphatic carboxylic acids is 1. The predicted molar refractivity (Wildman–Crippen MR) is 83.6 cm³/mol. The fourth-order valence-electron chi connectivity index (χ4n) is 1.86. The van der Waals surface area contributed by atoms with Crippen LogP contribution in [0.1, 0.15) is 11.9 Å². The van der Waals surface area contributed by atoms with Gasteiger partial charge >= 0.3 is 5.97 Å². The van der Waals surface area contributed by atoms with E-state index in [4.69, 9.17) is 5.73 Å². The van der Waals surface area contributed by atoms with Crippen molar-refractivity contribution in [1.82, 2.24) is 4.98 Å². The van der Waals surface area contributed by atoms with E-state index in [0.717, 1.165) is 20.3 Å². The molecule has 5 nitrogen and oxygen atoms in total. The third kappa shape index (κ3) is 2.27. The number of thiazole rings is 1. The number of benzene rings is 1. The van der Waals surface area contributed by atoms with E-state index in [9.17, 15) is 9.90 Å². The Kier molecular flexibility index (Phi) is 3.18. The summed E-state index contributed by atoms with van der Waals surface area (Å²) in [5.41, 5.74) is 6.59. The Balaban J connectivity index is 1.93. The molecule has 0 saturated heterocycles. The third-order valence-corrected chi connectivity index (χ3v) is 5.74. The first-order valence-corrected chi connectivity index (χ1v) is 7.85. The number of nitrogens with zero attached hydrogens (tertiary/aromatic N) is 2. The van der Waals surface area contributed by atoms with Crippen molar-refractivity contribution in [2.75, 3.05) is 18.0 Å². The van der Waals surface area contributed by atoms with Crippen LogP contribution in [-0.4, -0.2) is 33.4 Å². The van der Waals surface area contributed by atoms with Gasteiger partial charge in [-0.1, -0.05) is 0 Å². The van der Waals surface area contributed by atoms with Gasteiger partial charge < -0.3 is 10.8 Å². The highest BCUT2D eigenvalue weighted by Crippen LogP contribution is 2.34. The fourth-order valence-corrected chi connectivity index (χ4v) is 4.07. The van der Waals surface area contributed by atoms with Crippen molar-refractivity contribution < 1.29 is 9.90 Å². The number of aromatic nitrogens is 1. The average Bonchev–Trinajstić information content (AvgIpc) is 2.82. The van der Waals surface area contributed by atoms with Crippen LogP contribution in [0.25, 0.3) is 10.2 Å². The molecule has 0 amide bonds. The number of rotatable bonds is 2. The van der Waals surface area contributed by atoms with Gasteiger partial charge in [0, 0.05) is 11.4 Å². The van der Waals surface area contributed by atoms with Gasteiger partial charge in [0.05, 0.1) is 22.2 Å². The number of thioether (sulfide) groups is 1. The minimum absolute atomic E-state index is 0.294. The Bertz CT molecular complexity index is 725. The van der Waals surface area contributed by atoms with Crippen molar-refractivity contribution in [3.63, 3.8) is 0 Å². The Labute approximate surface area is 123 Å². The number of carboxylic acids is 1. The second-order valence-electron chi connectivity index (χ2n) is 5.02. The van der Waals surface area contributed by atoms with Gasteiger partial charge in [-0.3, -0.25) is 9.79 Å². The largest absolute Gasteiger partial charge is 0.481 e. The Hall–Kier alpha value is -1.60. The van der Waals surface area contributed by atoms with Gasteiger partial charge in [-0.15, -0.1) is 23.1 Å². The highest BCUT2D eigenvalue weighted by atomic mass is 32.2. The van der Waals surface area contributed by atoms with Gasteiger partial charge in [-0.2, -0.15) is 0 Å². The Morgan fingerprint density at radius 3 is 2.95 bits per heavy atom. The number of fused-ring (bicyclic) bond motifs is 1. The summed E-state index contributed by atoms with van der Waals surface area (Å²) in [4.78, 5) is 20.1. The maximum atomic E-state index is 11.2. The summed E-state index contributed by atoms with van der Waals surface area (Å²) < 4.78 is 1.02. The normalized spacial score (nSPS) is 22.8. The van der Waals surface area contributed by atoms with Gasteiger partial charge in [0.1, 0.15) is 10.1 Å². The van der Waals surface area contributed by atoms with E-state index < -0.39 is 11.4 Å². The first-order valence-electron chi connectivity index (χ1n) is 6.05. The van der Waals surface area contributed by atoms with Gasteiger partial charge in [-0.05, 0) is 25.1 Å². The van der Waals surface area contributed by atoms with Crippen LogP contribution >= 0.6 is 23.1 Å². The van der Waals surface area contributed by atoms with Crippen molar-refractivity contribution >= 4 is 50.0 Å². The van der Waals surface area contributed by atoms with Crippen molar-refractivity contribution in [2.45, 2.75) is 6.92 Å².